The van der Waals surface area contributed by atoms with Crippen molar-refractivity contribution in [2.45, 2.75) is 33.2 Å². The zero-order valence-corrected chi connectivity index (χ0v) is 19.1. The molecule has 1 aromatic carbocycles. The Hall–Kier alpha value is -4.07. The lowest BCUT2D eigenvalue weighted by Crippen LogP contribution is -2.24. The van der Waals surface area contributed by atoms with Crippen LogP contribution >= 0.6 is 0 Å². The molecule has 0 unspecified atom stereocenters. The molecule has 1 amide bonds. The minimum Gasteiger partial charge on any atom is -0.348 e. The molecule has 0 saturated heterocycles. The lowest BCUT2D eigenvalue weighted by molar-refractivity contribution is 0.0951. The number of pyridine rings is 2. The molecular weight excluding hydrogens is 416 g/mol. The first-order valence-electron chi connectivity index (χ1n) is 10.7. The second-order valence-electron chi connectivity index (χ2n) is 8.34. The monoisotopic (exact) mass is 442 g/mol. The summed E-state index contributed by atoms with van der Waals surface area (Å²) < 4.78 is 3.24. The van der Waals surface area contributed by atoms with Crippen LogP contribution < -0.4 is 10.9 Å². The number of hydrogen-bond donors (Lipinski definition) is 1. The smallest absolute Gasteiger partial charge is 0.251 e. The maximum Gasteiger partial charge on any atom is 0.251 e. The fraction of sp³-hybridized carbons (Fsp3) is 0.240. The SMILES string of the molecule is Cc1ccc(-c2cc(C(=O)NCc3ccn(C)c(=O)c3)cc(-n3ncnc3C(C)C)c2)nc1. The van der Waals surface area contributed by atoms with Gasteiger partial charge < -0.3 is 9.88 Å². The lowest BCUT2D eigenvalue weighted by atomic mass is 10.0. The molecule has 8 heteroatoms. The number of amides is 1. The number of carbonyl (C=O) groups excluding carboxylic acids is 1. The predicted octanol–water partition coefficient (Wildman–Crippen LogP) is 3.39. The Morgan fingerprint density at radius 1 is 1.09 bits per heavy atom. The summed E-state index contributed by atoms with van der Waals surface area (Å²) >= 11 is 0. The summed E-state index contributed by atoms with van der Waals surface area (Å²) in [6, 6.07) is 12.8. The van der Waals surface area contributed by atoms with E-state index in [0.29, 0.717) is 5.56 Å². The van der Waals surface area contributed by atoms with Crippen molar-refractivity contribution in [1.82, 2.24) is 29.6 Å². The number of aryl methyl sites for hydroxylation is 2. The number of benzene rings is 1. The molecule has 0 fully saturated rings. The molecule has 8 nitrogen and oxygen atoms in total. The van der Waals surface area contributed by atoms with Gasteiger partial charge in [0.1, 0.15) is 12.2 Å². The number of rotatable bonds is 6. The Morgan fingerprint density at radius 2 is 1.91 bits per heavy atom. The van der Waals surface area contributed by atoms with Gasteiger partial charge in [0.15, 0.2) is 0 Å². The number of aromatic nitrogens is 5. The van der Waals surface area contributed by atoms with E-state index in [0.717, 1.165) is 33.9 Å². The van der Waals surface area contributed by atoms with Crippen molar-refractivity contribution in [3.05, 3.63) is 94.1 Å². The van der Waals surface area contributed by atoms with Gasteiger partial charge >= 0.3 is 0 Å². The molecule has 168 valence electrons. The molecule has 0 atom stereocenters. The summed E-state index contributed by atoms with van der Waals surface area (Å²) in [5, 5.41) is 7.29. The van der Waals surface area contributed by atoms with Crippen LogP contribution in [0, 0.1) is 6.92 Å². The highest BCUT2D eigenvalue weighted by atomic mass is 16.1. The van der Waals surface area contributed by atoms with E-state index >= 15 is 0 Å². The van der Waals surface area contributed by atoms with Crippen LogP contribution in [0.2, 0.25) is 0 Å². The molecule has 4 aromatic rings. The van der Waals surface area contributed by atoms with Gasteiger partial charge in [0.25, 0.3) is 11.5 Å². The third-order valence-electron chi connectivity index (χ3n) is 5.34. The number of hydrogen-bond acceptors (Lipinski definition) is 5. The molecule has 0 spiro atoms. The first-order chi connectivity index (χ1) is 15.8. The molecule has 3 aromatic heterocycles. The van der Waals surface area contributed by atoms with Crippen LogP contribution in [0.5, 0.6) is 0 Å². The molecule has 0 radical (unpaired) electrons. The molecule has 0 aliphatic carbocycles. The normalized spacial score (nSPS) is 11.1. The van der Waals surface area contributed by atoms with Crippen LogP contribution in [0.1, 0.15) is 47.1 Å². The van der Waals surface area contributed by atoms with E-state index in [1.54, 1.807) is 30.2 Å². The second-order valence-corrected chi connectivity index (χ2v) is 8.34. The molecule has 0 aliphatic heterocycles. The molecule has 33 heavy (non-hydrogen) atoms. The van der Waals surface area contributed by atoms with Crippen LogP contribution in [0.25, 0.3) is 16.9 Å². The Morgan fingerprint density at radius 3 is 2.61 bits per heavy atom. The molecule has 3 heterocycles. The fourth-order valence-electron chi connectivity index (χ4n) is 3.48. The fourth-order valence-corrected chi connectivity index (χ4v) is 3.48. The van der Waals surface area contributed by atoms with Crippen LogP contribution in [0.15, 0.2) is 66.0 Å². The molecule has 1 N–H and O–H groups in total. The summed E-state index contributed by atoms with van der Waals surface area (Å²) in [5.41, 5.74) is 4.44. The van der Waals surface area contributed by atoms with E-state index in [-0.39, 0.29) is 23.9 Å². The van der Waals surface area contributed by atoms with Gasteiger partial charge in [-0.1, -0.05) is 19.9 Å². The van der Waals surface area contributed by atoms with Crippen LogP contribution in [-0.4, -0.2) is 30.2 Å². The summed E-state index contributed by atoms with van der Waals surface area (Å²) in [6.07, 6.45) is 5.00. The van der Waals surface area contributed by atoms with E-state index in [4.69, 9.17) is 0 Å². The minimum atomic E-state index is -0.253. The molecule has 0 bridgehead atoms. The van der Waals surface area contributed by atoms with Crippen LogP contribution in [0.3, 0.4) is 0 Å². The van der Waals surface area contributed by atoms with Gasteiger partial charge in [0.2, 0.25) is 0 Å². The van der Waals surface area contributed by atoms with Crippen molar-refractivity contribution in [1.29, 1.82) is 0 Å². The largest absolute Gasteiger partial charge is 0.348 e. The van der Waals surface area contributed by atoms with Crippen molar-refractivity contribution in [2.75, 3.05) is 0 Å². The summed E-state index contributed by atoms with van der Waals surface area (Å²) in [4.78, 5) is 33.9. The highest BCUT2D eigenvalue weighted by molar-refractivity contribution is 5.96. The van der Waals surface area contributed by atoms with Crippen LogP contribution in [0.4, 0.5) is 0 Å². The lowest BCUT2D eigenvalue weighted by Gasteiger charge is -2.13. The van der Waals surface area contributed by atoms with E-state index in [2.05, 4.69) is 20.4 Å². The van der Waals surface area contributed by atoms with Crippen molar-refractivity contribution in [3.63, 3.8) is 0 Å². The standard InChI is InChI=1S/C25H26N6O2/c1-16(2)24-28-15-29-31(24)21-11-19(22-6-5-17(3)13-26-22)10-20(12-21)25(33)27-14-18-7-8-30(4)23(32)9-18/h5-13,15-16H,14H2,1-4H3,(H,27,33). The van der Waals surface area contributed by atoms with Gasteiger partial charge in [-0.25, -0.2) is 9.67 Å². The Balaban J connectivity index is 1.71. The van der Waals surface area contributed by atoms with E-state index in [1.165, 1.54) is 17.0 Å². The highest BCUT2D eigenvalue weighted by Gasteiger charge is 2.16. The maximum absolute atomic E-state index is 13.1. The first-order valence-corrected chi connectivity index (χ1v) is 10.7. The van der Waals surface area contributed by atoms with Gasteiger partial charge in [-0.3, -0.25) is 14.6 Å². The highest BCUT2D eigenvalue weighted by Crippen LogP contribution is 2.25. The third kappa shape index (κ3) is 4.90. The molecular formula is C25H26N6O2. The topological polar surface area (TPSA) is 94.7 Å². The average molecular weight is 443 g/mol. The summed E-state index contributed by atoms with van der Waals surface area (Å²) in [6.45, 7) is 6.32. The third-order valence-corrected chi connectivity index (χ3v) is 5.34. The Kier molecular flexibility index (Phi) is 6.17. The zero-order valence-electron chi connectivity index (χ0n) is 19.1. The predicted molar refractivity (Wildman–Crippen MR) is 126 cm³/mol. The summed E-state index contributed by atoms with van der Waals surface area (Å²) in [5.74, 6) is 0.708. The second kappa shape index (κ2) is 9.20. The number of nitrogens with zero attached hydrogens (tertiary/aromatic N) is 5. The Labute approximate surface area is 192 Å². The van der Waals surface area contributed by atoms with Gasteiger partial charge in [-0.2, -0.15) is 5.10 Å². The minimum absolute atomic E-state index is 0.121. The molecule has 4 rings (SSSR count). The van der Waals surface area contributed by atoms with E-state index in [9.17, 15) is 9.59 Å². The van der Waals surface area contributed by atoms with Crippen molar-refractivity contribution in [2.24, 2.45) is 7.05 Å². The quantitative estimate of drug-likeness (QED) is 0.494. The van der Waals surface area contributed by atoms with E-state index < -0.39 is 0 Å². The van der Waals surface area contributed by atoms with Crippen LogP contribution in [-0.2, 0) is 13.6 Å². The van der Waals surface area contributed by atoms with Gasteiger partial charge in [0.05, 0.1) is 11.4 Å². The van der Waals surface area contributed by atoms with Gasteiger partial charge in [0, 0.05) is 49.1 Å². The first kappa shape index (κ1) is 22.1. The zero-order chi connectivity index (χ0) is 23.5. The Bertz CT molecular complexity index is 1350. The van der Waals surface area contributed by atoms with Gasteiger partial charge in [-0.05, 0) is 48.4 Å². The van der Waals surface area contributed by atoms with Crippen molar-refractivity contribution >= 4 is 5.91 Å². The number of carbonyl (C=O) groups is 1. The van der Waals surface area contributed by atoms with Crippen molar-refractivity contribution in [3.8, 4) is 16.9 Å². The van der Waals surface area contributed by atoms with Gasteiger partial charge in [-0.15, -0.1) is 0 Å². The molecule has 0 saturated carbocycles. The number of nitrogens with one attached hydrogen (secondary N) is 1. The molecule has 0 aliphatic rings. The van der Waals surface area contributed by atoms with Crippen molar-refractivity contribution < 1.29 is 4.79 Å². The van der Waals surface area contributed by atoms with E-state index in [1.807, 2.05) is 51.1 Å². The average Bonchev–Trinajstić information content (AvgIpc) is 3.30. The maximum atomic E-state index is 13.1. The summed E-state index contributed by atoms with van der Waals surface area (Å²) in [7, 11) is 1.69.